The summed E-state index contributed by atoms with van der Waals surface area (Å²) in [6.45, 7) is 3.85. The van der Waals surface area contributed by atoms with E-state index >= 15 is 0 Å². The van der Waals surface area contributed by atoms with E-state index in [-0.39, 0.29) is 12.6 Å². The predicted octanol–water partition coefficient (Wildman–Crippen LogP) is 0.561. The Labute approximate surface area is 70.8 Å². The van der Waals surface area contributed by atoms with Crippen LogP contribution in [0.1, 0.15) is 19.2 Å². The Hall–Kier alpha value is -1.10. The molecule has 0 radical (unpaired) electrons. The lowest BCUT2D eigenvalue weighted by molar-refractivity contribution is 0.281. The van der Waals surface area contributed by atoms with E-state index in [1.54, 1.807) is 6.92 Å². The molecule has 0 saturated carbocycles. The third-order valence-electron chi connectivity index (χ3n) is 1.46. The van der Waals surface area contributed by atoms with Gasteiger partial charge in [-0.15, -0.1) is 0 Å². The van der Waals surface area contributed by atoms with E-state index in [1.165, 1.54) is 0 Å². The molecule has 12 heavy (non-hydrogen) atoms. The first-order chi connectivity index (χ1) is 5.72. The van der Waals surface area contributed by atoms with Crippen LogP contribution in [0.4, 0.5) is 6.01 Å². The average molecular weight is 171 g/mol. The van der Waals surface area contributed by atoms with Crippen LogP contribution < -0.4 is 5.32 Å². The second kappa shape index (κ2) is 4.06. The van der Waals surface area contributed by atoms with Gasteiger partial charge >= 0.3 is 6.01 Å². The summed E-state index contributed by atoms with van der Waals surface area (Å²) in [6, 6.07) is 0.559. The Morgan fingerprint density at radius 2 is 2.42 bits per heavy atom. The quantitative estimate of drug-likeness (QED) is 0.692. The molecular formula is C7H13N3O2. The van der Waals surface area contributed by atoms with Crippen LogP contribution in [-0.2, 0) is 0 Å². The van der Waals surface area contributed by atoms with Gasteiger partial charge in [0.05, 0.1) is 0 Å². The molecule has 1 heterocycles. The number of aliphatic hydroxyl groups excluding tert-OH is 1. The largest absolute Gasteiger partial charge is 0.396 e. The Morgan fingerprint density at radius 3 is 2.92 bits per heavy atom. The normalized spacial score (nSPS) is 12.9. The van der Waals surface area contributed by atoms with Crippen molar-refractivity contribution in [3.8, 4) is 0 Å². The summed E-state index contributed by atoms with van der Waals surface area (Å²) < 4.78 is 4.83. The lowest BCUT2D eigenvalue weighted by Crippen LogP contribution is -2.16. The van der Waals surface area contributed by atoms with E-state index < -0.39 is 0 Å². The molecule has 0 saturated heterocycles. The first-order valence-electron chi connectivity index (χ1n) is 3.90. The van der Waals surface area contributed by atoms with Crippen molar-refractivity contribution in [3.05, 3.63) is 5.82 Å². The van der Waals surface area contributed by atoms with Gasteiger partial charge in [-0.3, -0.25) is 0 Å². The van der Waals surface area contributed by atoms with Gasteiger partial charge in [0.25, 0.3) is 0 Å². The van der Waals surface area contributed by atoms with Crippen LogP contribution in [0.2, 0.25) is 0 Å². The summed E-state index contributed by atoms with van der Waals surface area (Å²) in [4.78, 5) is 3.96. The highest BCUT2D eigenvalue weighted by molar-refractivity contribution is 5.19. The van der Waals surface area contributed by atoms with Crippen molar-refractivity contribution in [3.63, 3.8) is 0 Å². The predicted molar refractivity (Wildman–Crippen MR) is 43.8 cm³/mol. The van der Waals surface area contributed by atoms with Crippen LogP contribution in [0.15, 0.2) is 4.52 Å². The Balaban J connectivity index is 2.41. The van der Waals surface area contributed by atoms with Crippen LogP contribution in [0, 0.1) is 6.92 Å². The van der Waals surface area contributed by atoms with Crippen LogP contribution in [0.5, 0.6) is 0 Å². The maximum absolute atomic E-state index is 8.61. The molecule has 1 aromatic heterocycles. The zero-order valence-electron chi connectivity index (χ0n) is 7.24. The lowest BCUT2D eigenvalue weighted by atomic mass is 10.2. The first-order valence-corrected chi connectivity index (χ1v) is 3.90. The van der Waals surface area contributed by atoms with Gasteiger partial charge in [-0.2, -0.15) is 4.98 Å². The van der Waals surface area contributed by atoms with Gasteiger partial charge in [0.1, 0.15) is 0 Å². The molecule has 1 atom stereocenters. The van der Waals surface area contributed by atoms with E-state index in [1.807, 2.05) is 6.92 Å². The fourth-order valence-corrected chi connectivity index (χ4v) is 0.832. The zero-order valence-corrected chi connectivity index (χ0v) is 7.24. The summed E-state index contributed by atoms with van der Waals surface area (Å²) in [5, 5.41) is 15.2. The van der Waals surface area contributed by atoms with E-state index in [0.717, 1.165) is 0 Å². The van der Waals surface area contributed by atoms with Crippen LogP contribution in [-0.4, -0.2) is 27.9 Å². The number of aliphatic hydroxyl groups is 1. The minimum atomic E-state index is 0.148. The number of rotatable bonds is 4. The fraction of sp³-hybridized carbons (Fsp3) is 0.714. The highest BCUT2D eigenvalue weighted by Gasteiger charge is 2.05. The molecule has 2 N–H and O–H groups in total. The summed E-state index contributed by atoms with van der Waals surface area (Å²) in [5.41, 5.74) is 0. The Kier molecular flexibility index (Phi) is 3.04. The van der Waals surface area contributed by atoms with Gasteiger partial charge in [-0.05, 0) is 20.3 Å². The van der Waals surface area contributed by atoms with Gasteiger partial charge in [-0.25, -0.2) is 0 Å². The van der Waals surface area contributed by atoms with E-state index in [2.05, 4.69) is 15.5 Å². The molecule has 0 spiro atoms. The van der Waals surface area contributed by atoms with E-state index in [4.69, 9.17) is 9.63 Å². The van der Waals surface area contributed by atoms with Crippen molar-refractivity contribution in [2.24, 2.45) is 0 Å². The van der Waals surface area contributed by atoms with Crippen molar-refractivity contribution >= 4 is 6.01 Å². The molecule has 5 nitrogen and oxygen atoms in total. The van der Waals surface area contributed by atoms with Gasteiger partial charge in [-0.1, -0.05) is 5.16 Å². The summed E-state index contributed by atoms with van der Waals surface area (Å²) in [6.07, 6.45) is 0.668. The van der Waals surface area contributed by atoms with Gasteiger partial charge in [0.15, 0.2) is 5.82 Å². The lowest BCUT2D eigenvalue weighted by Gasteiger charge is -2.08. The van der Waals surface area contributed by atoms with Crippen LogP contribution in [0.25, 0.3) is 0 Å². The fourth-order valence-electron chi connectivity index (χ4n) is 0.832. The molecule has 0 aromatic carbocycles. The minimum absolute atomic E-state index is 0.148. The first kappa shape index (κ1) is 8.99. The highest BCUT2D eigenvalue weighted by atomic mass is 16.5. The monoisotopic (exact) mass is 171 g/mol. The van der Waals surface area contributed by atoms with Crippen molar-refractivity contribution < 1.29 is 9.63 Å². The maximum atomic E-state index is 8.61. The third-order valence-corrected chi connectivity index (χ3v) is 1.46. The second-order valence-corrected chi connectivity index (χ2v) is 2.70. The number of anilines is 1. The second-order valence-electron chi connectivity index (χ2n) is 2.70. The summed E-state index contributed by atoms with van der Waals surface area (Å²) in [7, 11) is 0. The third kappa shape index (κ3) is 2.50. The molecule has 0 aliphatic rings. The molecule has 0 bridgehead atoms. The Bertz CT molecular complexity index is 236. The van der Waals surface area contributed by atoms with E-state index in [9.17, 15) is 0 Å². The van der Waals surface area contributed by atoms with Gasteiger partial charge in [0, 0.05) is 12.6 Å². The standard InChI is InChI=1S/C7H13N3O2/c1-5(3-4-11)8-7-9-6(2)10-12-7/h5,11H,3-4H2,1-2H3,(H,8,9,10). The molecule has 1 rings (SSSR count). The van der Waals surface area contributed by atoms with Crippen molar-refractivity contribution in [1.29, 1.82) is 0 Å². The summed E-state index contributed by atoms with van der Waals surface area (Å²) in [5.74, 6) is 0.605. The molecule has 68 valence electrons. The van der Waals surface area contributed by atoms with Crippen molar-refractivity contribution in [1.82, 2.24) is 10.1 Å². The SMILES string of the molecule is Cc1noc(NC(C)CCO)n1. The number of aromatic nitrogens is 2. The van der Waals surface area contributed by atoms with Gasteiger partial charge < -0.3 is 14.9 Å². The minimum Gasteiger partial charge on any atom is -0.396 e. The number of hydrogen-bond donors (Lipinski definition) is 2. The number of hydrogen-bond acceptors (Lipinski definition) is 5. The smallest absolute Gasteiger partial charge is 0.321 e. The van der Waals surface area contributed by atoms with E-state index in [0.29, 0.717) is 18.3 Å². The molecule has 1 aromatic rings. The van der Waals surface area contributed by atoms with Crippen molar-refractivity contribution in [2.75, 3.05) is 11.9 Å². The Morgan fingerprint density at radius 1 is 1.67 bits per heavy atom. The number of nitrogens with zero attached hydrogens (tertiary/aromatic N) is 2. The molecule has 0 fully saturated rings. The van der Waals surface area contributed by atoms with Crippen LogP contribution in [0.3, 0.4) is 0 Å². The molecule has 0 amide bonds. The number of nitrogens with one attached hydrogen (secondary N) is 1. The summed E-state index contributed by atoms with van der Waals surface area (Å²) >= 11 is 0. The molecule has 0 aliphatic carbocycles. The molecule has 0 aliphatic heterocycles. The number of aryl methyl sites for hydroxylation is 1. The topological polar surface area (TPSA) is 71.2 Å². The molecule has 5 heteroatoms. The highest BCUT2D eigenvalue weighted by Crippen LogP contribution is 2.05. The van der Waals surface area contributed by atoms with Gasteiger partial charge in [0.2, 0.25) is 0 Å². The van der Waals surface area contributed by atoms with Crippen molar-refractivity contribution in [2.45, 2.75) is 26.3 Å². The average Bonchev–Trinajstić information content (AvgIpc) is 2.36. The zero-order chi connectivity index (χ0) is 8.97. The maximum Gasteiger partial charge on any atom is 0.321 e. The van der Waals surface area contributed by atoms with Crippen LogP contribution >= 0.6 is 0 Å². The molecular weight excluding hydrogens is 158 g/mol. The molecule has 1 unspecified atom stereocenters.